The van der Waals surface area contributed by atoms with Crippen LogP contribution in [0.15, 0.2) is 18.3 Å². The van der Waals surface area contributed by atoms with Gasteiger partial charge in [0, 0.05) is 12.1 Å². The highest BCUT2D eigenvalue weighted by Gasteiger charge is 2.17. The van der Waals surface area contributed by atoms with Gasteiger partial charge in [-0.25, -0.2) is 13.9 Å². The Morgan fingerprint density at radius 2 is 2.24 bits per heavy atom. The van der Waals surface area contributed by atoms with Crippen LogP contribution < -0.4 is 10.5 Å². The first-order valence-electron chi connectivity index (χ1n) is 6.27. The molecule has 0 bridgehead atoms. The van der Waals surface area contributed by atoms with Gasteiger partial charge in [-0.3, -0.25) is 0 Å². The fourth-order valence-electron chi connectivity index (χ4n) is 1.84. The molecule has 2 aromatic rings. The van der Waals surface area contributed by atoms with E-state index in [4.69, 9.17) is 15.2 Å². The van der Waals surface area contributed by atoms with Crippen molar-refractivity contribution in [1.29, 1.82) is 0 Å². The molecule has 0 unspecified atom stereocenters. The zero-order valence-corrected chi connectivity index (χ0v) is 11.7. The number of hydrogen-bond donors (Lipinski definition) is 1. The van der Waals surface area contributed by atoms with E-state index in [0.29, 0.717) is 5.69 Å². The van der Waals surface area contributed by atoms with E-state index < -0.39 is 11.8 Å². The zero-order valence-electron chi connectivity index (χ0n) is 11.7. The molecular formula is C13H15FN4O3. The molecule has 2 rings (SSSR count). The fraction of sp³-hybridized carbons (Fsp3) is 0.308. The number of nitrogens with zero attached hydrogens (tertiary/aromatic N) is 3. The Bertz CT molecular complexity index is 657. The first kappa shape index (κ1) is 14.9. The number of aromatic nitrogens is 3. The van der Waals surface area contributed by atoms with Crippen molar-refractivity contribution in [1.82, 2.24) is 15.0 Å². The van der Waals surface area contributed by atoms with Crippen molar-refractivity contribution in [3.63, 3.8) is 0 Å². The van der Waals surface area contributed by atoms with Crippen molar-refractivity contribution < 1.29 is 18.7 Å². The molecule has 8 heteroatoms. The Balaban J connectivity index is 2.43. The second-order valence-corrected chi connectivity index (χ2v) is 4.05. The van der Waals surface area contributed by atoms with Gasteiger partial charge in [0.05, 0.1) is 25.6 Å². The van der Waals surface area contributed by atoms with Crippen molar-refractivity contribution in [3.05, 3.63) is 35.4 Å². The highest BCUT2D eigenvalue weighted by Crippen LogP contribution is 2.25. The van der Waals surface area contributed by atoms with Crippen LogP contribution in [0.1, 0.15) is 23.0 Å². The van der Waals surface area contributed by atoms with Crippen LogP contribution in [0.4, 0.5) is 4.39 Å². The smallest absolute Gasteiger partial charge is 0.360 e. The number of methoxy groups -OCH3 is 1. The first-order chi connectivity index (χ1) is 10.1. The maximum Gasteiger partial charge on any atom is 0.360 e. The summed E-state index contributed by atoms with van der Waals surface area (Å²) in [6.07, 6.45) is 1.36. The lowest BCUT2D eigenvalue weighted by molar-refractivity contribution is 0.0519. The van der Waals surface area contributed by atoms with Crippen LogP contribution in [0.5, 0.6) is 5.75 Å². The SMILES string of the molecule is CCOC(=O)c1cn(-c2ccc(OC)c(F)c2CN)nn1. The van der Waals surface area contributed by atoms with Gasteiger partial charge in [0.15, 0.2) is 17.3 Å². The van der Waals surface area contributed by atoms with Gasteiger partial charge < -0.3 is 15.2 Å². The van der Waals surface area contributed by atoms with Gasteiger partial charge in [0.1, 0.15) is 0 Å². The Morgan fingerprint density at radius 1 is 1.48 bits per heavy atom. The Labute approximate surface area is 120 Å². The predicted molar refractivity (Wildman–Crippen MR) is 71.7 cm³/mol. The summed E-state index contributed by atoms with van der Waals surface area (Å²) in [4.78, 5) is 11.6. The van der Waals surface area contributed by atoms with E-state index in [2.05, 4.69) is 10.3 Å². The van der Waals surface area contributed by atoms with Crippen molar-refractivity contribution in [2.24, 2.45) is 5.73 Å². The number of ether oxygens (including phenoxy) is 2. The van der Waals surface area contributed by atoms with E-state index in [-0.39, 0.29) is 30.2 Å². The van der Waals surface area contributed by atoms with Crippen LogP contribution in [-0.4, -0.2) is 34.7 Å². The molecule has 2 N–H and O–H groups in total. The number of hydrogen-bond acceptors (Lipinski definition) is 6. The number of halogens is 1. The molecule has 0 spiro atoms. The Hall–Kier alpha value is -2.48. The standard InChI is InChI=1S/C13H15FN4O3/c1-3-21-13(19)9-7-18(17-16-9)10-4-5-11(20-2)12(14)8(10)6-15/h4-5,7H,3,6,15H2,1-2H3. The maximum absolute atomic E-state index is 14.1. The average Bonchev–Trinajstić information content (AvgIpc) is 2.97. The summed E-state index contributed by atoms with van der Waals surface area (Å²) in [7, 11) is 1.37. The van der Waals surface area contributed by atoms with Crippen LogP contribution in [0, 0.1) is 5.82 Å². The van der Waals surface area contributed by atoms with Crippen LogP contribution in [0.2, 0.25) is 0 Å². The minimum Gasteiger partial charge on any atom is -0.494 e. The van der Waals surface area contributed by atoms with Gasteiger partial charge >= 0.3 is 5.97 Å². The molecule has 0 saturated carbocycles. The second kappa shape index (κ2) is 6.31. The van der Waals surface area contributed by atoms with E-state index >= 15 is 0 Å². The second-order valence-electron chi connectivity index (χ2n) is 4.05. The molecule has 0 saturated heterocycles. The highest BCUT2D eigenvalue weighted by atomic mass is 19.1. The van der Waals surface area contributed by atoms with Crippen LogP contribution >= 0.6 is 0 Å². The summed E-state index contributed by atoms with van der Waals surface area (Å²) in [5, 5.41) is 7.50. The molecule has 1 aromatic carbocycles. The lowest BCUT2D eigenvalue weighted by Gasteiger charge is -2.11. The molecule has 0 aliphatic heterocycles. The zero-order chi connectivity index (χ0) is 15.4. The summed E-state index contributed by atoms with van der Waals surface area (Å²) in [5.74, 6) is -1.07. The maximum atomic E-state index is 14.1. The normalized spacial score (nSPS) is 10.5. The van der Waals surface area contributed by atoms with Gasteiger partial charge in [0.25, 0.3) is 0 Å². The van der Waals surface area contributed by atoms with Crippen molar-refractivity contribution in [2.75, 3.05) is 13.7 Å². The number of esters is 1. The van der Waals surface area contributed by atoms with Gasteiger partial charge in [-0.05, 0) is 19.1 Å². The largest absolute Gasteiger partial charge is 0.494 e. The molecule has 21 heavy (non-hydrogen) atoms. The molecule has 7 nitrogen and oxygen atoms in total. The fourth-order valence-corrected chi connectivity index (χ4v) is 1.84. The molecule has 112 valence electrons. The summed E-state index contributed by atoms with van der Waals surface area (Å²) >= 11 is 0. The lowest BCUT2D eigenvalue weighted by Crippen LogP contribution is -2.09. The molecule has 0 atom stereocenters. The number of carbonyl (C=O) groups excluding carboxylic acids is 1. The van der Waals surface area contributed by atoms with E-state index in [1.54, 1.807) is 13.0 Å². The number of benzene rings is 1. The molecule has 1 heterocycles. The third kappa shape index (κ3) is 2.84. The van der Waals surface area contributed by atoms with Crippen LogP contribution in [0.3, 0.4) is 0 Å². The van der Waals surface area contributed by atoms with Crippen molar-refractivity contribution in [3.8, 4) is 11.4 Å². The summed E-state index contributed by atoms with van der Waals surface area (Å²) < 4.78 is 25.1. The first-order valence-corrected chi connectivity index (χ1v) is 6.27. The summed E-state index contributed by atoms with van der Waals surface area (Å²) in [6, 6.07) is 3.04. The minimum absolute atomic E-state index is 0.0380. The van der Waals surface area contributed by atoms with Crippen molar-refractivity contribution in [2.45, 2.75) is 13.5 Å². The predicted octanol–water partition coefficient (Wildman–Crippen LogP) is 1.05. The minimum atomic E-state index is -0.591. The molecule has 0 radical (unpaired) electrons. The van der Waals surface area contributed by atoms with Gasteiger partial charge in [0.2, 0.25) is 0 Å². The van der Waals surface area contributed by atoms with Gasteiger partial charge in [-0.2, -0.15) is 0 Å². The molecule has 0 fully saturated rings. The molecule has 1 aromatic heterocycles. The van der Waals surface area contributed by atoms with E-state index in [1.165, 1.54) is 24.1 Å². The monoisotopic (exact) mass is 294 g/mol. The number of carbonyl (C=O) groups is 1. The Kier molecular flexibility index (Phi) is 4.49. The number of rotatable bonds is 5. The topological polar surface area (TPSA) is 92.3 Å². The number of nitrogens with two attached hydrogens (primary N) is 1. The van der Waals surface area contributed by atoms with Crippen molar-refractivity contribution >= 4 is 5.97 Å². The molecule has 0 aliphatic carbocycles. The average molecular weight is 294 g/mol. The van der Waals surface area contributed by atoms with E-state index in [9.17, 15) is 9.18 Å². The van der Waals surface area contributed by atoms with Gasteiger partial charge in [-0.15, -0.1) is 5.10 Å². The molecule has 0 aliphatic rings. The highest BCUT2D eigenvalue weighted by molar-refractivity contribution is 5.86. The van der Waals surface area contributed by atoms with E-state index in [1.807, 2.05) is 0 Å². The van der Waals surface area contributed by atoms with Gasteiger partial charge in [-0.1, -0.05) is 5.21 Å². The summed E-state index contributed by atoms with van der Waals surface area (Å²) in [6.45, 7) is 1.87. The van der Waals surface area contributed by atoms with Crippen LogP contribution in [-0.2, 0) is 11.3 Å². The van der Waals surface area contributed by atoms with E-state index in [0.717, 1.165) is 0 Å². The third-order valence-electron chi connectivity index (χ3n) is 2.83. The third-order valence-corrected chi connectivity index (χ3v) is 2.83. The molecular weight excluding hydrogens is 279 g/mol. The summed E-state index contributed by atoms with van der Waals surface area (Å²) in [5.41, 5.74) is 6.22. The Morgan fingerprint density at radius 3 is 2.86 bits per heavy atom. The quantitative estimate of drug-likeness (QED) is 0.829. The molecule has 0 amide bonds. The van der Waals surface area contributed by atoms with Crippen LogP contribution in [0.25, 0.3) is 5.69 Å². The lowest BCUT2D eigenvalue weighted by atomic mass is 10.1.